The molecule has 0 bridgehead atoms. The summed E-state index contributed by atoms with van der Waals surface area (Å²) in [5.41, 5.74) is 0. The van der Waals surface area contributed by atoms with Crippen molar-refractivity contribution in [3.8, 4) is 11.5 Å². The van der Waals surface area contributed by atoms with Gasteiger partial charge in [-0.05, 0) is 38.9 Å². The van der Waals surface area contributed by atoms with E-state index in [9.17, 15) is 0 Å². The van der Waals surface area contributed by atoms with Crippen LogP contribution in [0.2, 0.25) is 0 Å². The summed E-state index contributed by atoms with van der Waals surface area (Å²) in [4.78, 5) is 6.73. The smallest absolute Gasteiger partial charge is 0.191 e. The highest BCUT2D eigenvalue weighted by Crippen LogP contribution is 2.30. The van der Waals surface area contributed by atoms with Gasteiger partial charge in [-0.3, -0.25) is 9.89 Å². The van der Waals surface area contributed by atoms with Gasteiger partial charge in [-0.2, -0.15) is 0 Å². The number of likely N-dealkylation sites (N-methyl/N-ethyl adjacent to an activating group) is 1. The fraction of sp³-hybridized carbons (Fsp3) is 0.611. The Kier molecular flexibility index (Phi) is 7.61. The van der Waals surface area contributed by atoms with Crippen molar-refractivity contribution in [2.24, 2.45) is 4.99 Å². The topological polar surface area (TPSA) is 58.1 Å². The summed E-state index contributed by atoms with van der Waals surface area (Å²) in [5, 5.41) is 6.72. The Morgan fingerprint density at radius 3 is 2.68 bits per heavy atom. The van der Waals surface area contributed by atoms with Crippen molar-refractivity contribution >= 4 is 29.9 Å². The van der Waals surface area contributed by atoms with Gasteiger partial charge >= 0.3 is 0 Å². The Balaban J connectivity index is 0.00000225. The lowest BCUT2D eigenvalue weighted by Gasteiger charge is -2.28. The summed E-state index contributed by atoms with van der Waals surface area (Å²) < 4.78 is 11.7. The molecule has 7 heteroatoms. The van der Waals surface area contributed by atoms with E-state index >= 15 is 0 Å². The second kappa shape index (κ2) is 9.47. The number of hydrogen-bond donors (Lipinski definition) is 2. The van der Waals surface area contributed by atoms with Crippen molar-refractivity contribution in [2.45, 2.75) is 38.0 Å². The molecule has 25 heavy (non-hydrogen) atoms. The molecule has 0 amide bonds. The van der Waals surface area contributed by atoms with Gasteiger partial charge < -0.3 is 20.1 Å². The van der Waals surface area contributed by atoms with Crippen LogP contribution >= 0.6 is 24.0 Å². The zero-order valence-electron chi connectivity index (χ0n) is 15.2. The van der Waals surface area contributed by atoms with E-state index in [0.29, 0.717) is 19.2 Å². The predicted octanol–water partition coefficient (Wildman–Crippen LogP) is 2.09. The standard InChI is InChI=1S/C18H28N4O2.HI/c1-13(22(3)14-8-9-14)10-20-18(19-2)21-11-15-12-23-16-6-4-5-7-17(16)24-15;/h4-7,13-15H,8-12H2,1-3H3,(H2,19,20,21);1H. The first-order valence-corrected chi connectivity index (χ1v) is 8.72. The third-order valence-electron chi connectivity index (χ3n) is 4.67. The number of nitrogens with one attached hydrogen (secondary N) is 2. The SMILES string of the molecule is CN=C(NCC1COc2ccccc2O1)NCC(C)N(C)C1CC1.I. The molecule has 1 fully saturated rings. The first-order chi connectivity index (χ1) is 11.7. The zero-order valence-corrected chi connectivity index (χ0v) is 17.5. The normalized spacial score (nSPS) is 20.6. The molecular weight excluding hydrogens is 431 g/mol. The van der Waals surface area contributed by atoms with Crippen LogP contribution in [0, 0.1) is 0 Å². The zero-order chi connectivity index (χ0) is 16.9. The first-order valence-electron chi connectivity index (χ1n) is 8.72. The molecule has 2 unspecified atom stereocenters. The highest BCUT2D eigenvalue weighted by molar-refractivity contribution is 14.0. The number of benzene rings is 1. The van der Waals surface area contributed by atoms with E-state index in [0.717, 1.165) is 30.0 Å². The minimum absolute atomic E-state index is 0. The summed E-state index contributed by atoms with van der Waals surface area (Å²) in [7, 11) is 3.99. The second-order valence-electron chi connectivity index (χ2n) is 6.58. The number of hydrogen-bond acceptors (Lipinski definition) is 4. The van der Waals surface area contributed by atoms with Gasteiger partial charge in [0.15, 0.2) is 17.5 Å². The number of fused-ring (bicyclic) bond motifs is 1. The van der Waals surface area contributed by atoms with E-state index in [-0.39, 0.29) is 30.1 Å². The summed E-state index contributed by atoms with van der Waals surface area (Å²) in [6.07, 6.45) is 2.63. The molecule has 6 nitrogen and oxygen atoms in total. The first kappa shape index (κ1) is 20.1. The number of para-hydroxylation sites is 2. The Morgan fingerprint density at radius 1 is 1.28 bits per heavy atom. The lowest BCUT2D eigenvalue weighted by Crippen LogP contribution is -2.48. The summed E-state index contributed by atoms with van der Waals surface area (Å²) in [6, 6.07) is 9.02. The summed E-state index contributed by atoms with van der Waals surface area (Å²) in [6.45, 7) is 4.31. The van der Waals surface area contributed by atoms with Crippen molar-refractivity contribution < 1.29 is 9.47 Å². The van der Waals surface area contributed by atoms with E-state index in [1.165, 1.54) is 12.8 Å². The molecule has 1 heterocycles. The molecule has 0 spiro atoms. The van der Waals surface area contributed by atoms with Crippen LogP contribution in [0.5, 0.6) is 11.5 Å². The predicted molar refractivity (Wildman–Crippen MR) is 111 cm³/mol. The molecule has 2 aliphatic rings. The van der Waals surface area contributed by atoms with Gasteiger partial charge in [-0.1, -0.05) is 12.1 Å². The van der Waals surface area contributed by atoms with E-state index in [1.54, 1.807) is 7.05 Å². The van der Waals surface area contributed by atoms with Crippen molar-refractivity contribution in [2.75, 3.05) is 33.8 Å². The van der Waals surface area contributed by atoms with Crippen molar-refractivity contribution in [3.05, 3.63) is 24.3 Å². The molecule has 0 aromatic heterocycles. The lowest BCUT2D eigenvalue weighted by molar-refractivity contribution is 0.0936. The van der Waals surface area contributed by atoms with Gasteiger partial charge in [-0.15, -0.1) is 24.0 Å². The van der Waals surface area contributed by atoms with Crippen LogP contribution in [-0.2, 0) is 0 Å². The van der Waals surface area contributed by atoms with Crippen LogP contribution < -0.4 is 20.1 Å². The highest BCUT2D eigenvalue weighted by Gasteiger charge is 2.29. The van der Waals surface area contributed by atoms with Crippen molar-refractivity contribution in [1.82, 2.24) is 15.5 Å². The van der Waals surface area contributed by atoms with E-state index in [4.69, 9.17) is 9.47 Å². The largest absolute Gasteiger partial charge is 0.486 e. The molecule has 0 radical (unpaired) electrons. The third kappa shape index (κ3) is 5.64. The molecule has 140 valence electrons. The van der Waals surface area contributed by atoms with Crippen LogP contribution in [0.15, 0.2) is 29.3 Å². The average Bonchev–Trinajstić information content (AvgIpc) is 3.46. The second-order valence-corrected chi connectivity index (χ2v) is 6.58. The molecule has 2 atom stereocenters. The maximum atomic E-state index is 5.95. The Bertz CT molecular complexity index is 580. The minimum Gasteiger partial charge on any atom is -0.486 e. The van der Waals surface area contributed by atoms with Gasteiger partial charge in [0.2, 0.25) is 0 Å². The number of nitrogens with zero attached hydrogens (tertiary/aromatic N) is 2. The van der Waals surface area contributed by atoms with E-state index in [2.05, 4.69) is 34.5 Å². The molecule has 1 saturated carbocycles. The van der Waals surface area contributed by atoms with Crippen molar-refractivity contribution in [3.63, 3.8) is 0 Å². The lowest BCUT2D eigenvalue weighted by atomic mass is 10.2. The van der Waals surface area contributed by atoms with Crippen molar-refractivity contribution in [1.29, 1.82) is 0 Å². The summed E-state index contributed by atoms with van der Waals surface area (Å²) >= 11 is 0. The number of guanidine groups is 1. The van der Waals surface area contributed by atoms with Crippen LogP contribution in [0.1, 0.15) is 19.8 Å². The van der Waals surface area contributed by atoms with Crippen LogP contribution in [-0.4, -0.2) is 62.8 Å². The molecule has 1 aromatic carbocycles. The van der Waals surface area contributed by atoms with Crippen LogP contribution in [0.4, 0.5) is 0 Å². The fourth-order valence-corrected chi connectivity index (χ4v) is 2.82. The quantitative estimate of drug-likeness (QED) is 0.387. The molecule has 3 rings (SSSR count). The number of ether oxygens (including phenoxy) is 2. The molecule has 2 N–H and O–H groups in total. The Hall–Kier alpha value is -1.22. The van der Waals surface area contributed by atoms with Gasteiger partial charge in [0.05, 0.1) is 6.54 Å². The molecule has 1 aromatic rings. The van der Waals surface area contributed by atoms with E-state index < -0.39 is 0 Å². The van der Waals surface area contributed by atoms with Crippen LogP contribution in [0.25, 0.3) is 0 Å². The Morgan fingerprint density at radius 2 is 2.00 bits per heavy atom. The average molecular weight is 460 g/mol. The molecule has 1 aliphatic carbocycles. The monoisotopic (exact) mass is 460 g/mol. The molecular formula is C18H29IN4O2. The number of aliphatic imine (C=N–C) groups is 1. The van der Waals surface area contributed by atoms with Crippen LogP contribution in [0.3, 0.4) is 0 Å². The van der Waals surface area contributed by atoms with Gasteiger partial charge in [0.25, 0.3) is 0 Å². The maximum absolute atomic E-state index is 5.95. The Labute approximate surface area is 167 Å². The number of halogens is 1. The molecule has 0 saturated heterocycles. The highest BCUT2D eigenvalue weighted by atomic mass is 127. The van der Waals surface area contributed by atoms with Gasteiger partial charge in [0, 0.05) is 25.7 Å². The number of rotatable bonds is 6. The maximum Gasteiger partial charge on any atom is 0.191 e. The van der Waals surface area contributed by atoms with Gasteiger partial charge in [-0.25, -0.2) is 0 Å². The minimum atomic E-state index is -0.0231. The molecule has 1 aliphatic heterocycles. The van der Waals surface area contributed by atoms with Gasteiger partial charge in [0.1, 0.15) is 12.7 Å². The van der Waals surface area contributed by atoms with E-state index in [1.807, 2.05) is 24.3 Å². The fourth-order valence-electron chi connectivity index (χ4n) is 2.82. The third-order valence-corrected chi connectivity index (χ3v) is 4.67. The summed E-state index contributed by atoms with van der Waals surface area (Å²) in [5.74, 6) is 2.42.